The molecule has 0 amide bonds. The second kappa shape index (κ2) is 22.7. The van der Waals surface area contributed by atoms with Gasteiger partial charge in [-0.2, -0.15) is 0 Å². The van der Waals surface area contributed by atoms with Crippen molar-refractivity contribution in [2.45, 2.75) is 116 Å². The molecule has 0 saturated heterocycles. The number of carboxylic acid groups (broad SMARTS) is 1. The van der Waals surface area contributed by atoms with Crippen LogP contribution in [0.1, 0.15) is 116 Å². The lowest BCUT2D eigenvalue weighted by Crippen LogP contribution is -1.93. The minimum absolute atomic E-state index is 0.337. The highest BCUT2D eigenvalue weighted by molar-refractivity contribution is 5.66. The number of carbonyl (C=O) groups is 1. The maximum atomic E-state index is 10.4. The number of unbranched alkanes of at least 4 members (excludes halogenated alkanes) is 12. The van der Waals surface area contributed by atoms with E-state index in [4.69, 9.17) is 5.11 Å². The molecule has 1 N–H and O–H groups in total. The van der Waals surface area contributed by atoms with Gasteiger partial charge in [0.05, 0.1) is 0 Å². The molecule has 2 nitrogen and oxygen atoms in total. The zero-order valence-electron chi connectivity index (χ0n) is 17.8. The molecule has 0 saturated carbocycles. The smallest absolute Gasteiger partial charge is 0.303 e. The van der Waals surface area contributed by atoms with Crippen LogP contribution in [-0.2, 0) is 4.79 Å². The molecule has 0 atom stereocenters. The van der Waals surface area contributed by atoms with Crippen LogP contribution >= 0.6 is 0 Å². The number of rotatable bonds is 20. The third-order valence-electron chi connectivity index (χ3n) is 4.79. The third-order valence-corrected chi connectivity index (χ3v) is 4.79. The lowest BCUT2D eigenvalue weighted by atomic mass is 10.0. The van der Waals surface area contributed by atoms with E-state index in [1.807, 2.05) is 0 Å². The van der Waals surface area contributed by atoms with Crippen molar-refractivity contribution < 1.29 is 9.90 Å². The maximum Gasteiger partial charge on any atom is 0.303 e. The molecule has 27 heavy (non-hydrogen) atoms. The van der Waals surface area contributed by atoms with Crippen LogP contribution in [0.2, 0.25) is 0 Å². The van der Waals surface area contributed by atoms with Gasteiger partial charge in [-0.15, -0.1) is 0 Å². The average molecular weight is 377 g/mol. The Morgan fingerprint density at radius 3 is 1.48 bits per heavy atom. The van der Waals surface area contributed by atoms with Crippen molar-refractivity contribution in [3.63, 3.8) is 0 Å². The average Bonchev–Trinajstić information content (AvgIpc) is 2.65. The van der Waals surface area contributed by atoms with Gasteiger partial charge in [-0.1, -0.05) is 108 Å². The van der Waals surface area contributed by atoms with Crippen LogP contribution in [0.25, 0.3) is 0 Å². The molecule has 0 aromatic carbocycles. The Morgan fingerprint density at radius 2 is 1.00 bits per heavy atom. The molecule has 0 fully saturated rings. The van der Waals surface area contributed by atoms with E-state index in [1.54, 1.807) is 0 Å². The summed E-state index contributed by atoms with van der Waals surface area (Å²) in [6, 6.07) is 0. The summed E-state index contributed by atoms with van der Waals surface area (Å²) in [5.74, 6) is -0.658. The monoisotopic (exact) mass is 376 g/mol. The Balaban J connectivity index is 3.15. The van der Waals surface area contributed by atoms with Crippen molar-refractivity contribution >= 4 is 5.97 Å². The lowest BCUT2D eigenvalue weighted by Gasteiger charge is -2.02. The Bertz CT molecular complexity index is 393. The van der Waals surface area contributed by atoms with Gasteiger partial charge in [-0.25, -0.2) is 0 Å². The summed E-state index contributed by atoms with van der Waals surface area (Å²) in [4.78, 5) is 10.4. The minimum atomic E-state index is -0.658. The quantitative estimate of drug-likeness (QED) is 0.171. The zero-order valence-corrected chi connectivity index (χ0v) is 17.8. The van der Waals surface area contributed by atoms with Gasteiger partial charge in [0.1, 0.15) is 0 Å². The van der Waals surface area contributed by atoms with Crippen LogP contribution in [0.15, 0.2) is 36.5 Å². The number of carboxylic acids is 1. The van der Waals surface area contributed by atoms with Crippen molar-refractivity contribution in [1.29, 1.82) is 0 Å². The molecule has 0 radical (unpaired) electrons. The molecule has 0 aromatic rings. The fourth-order valence-electron chi connectivity index (χ4n) is 3.13. The first-order valence-electron chi connectivity index (χ1n) is 11.4. The van der Waals surface area contributed by atoms with Gasteiger partial charge in [0.2, 0.25) is 0 Å². The summed E-state index contributed by atoms with van der Waals surface area (Å²) in [7, 11) is 0. The van der Waals surface area contributed by atoms with Crippen LogP contribution in [0, 0.1) is 0 Å². The fraction of sp³-hybridized carbons (Fsp3) is 0.720. The summed E-state index contributed by atoms with van der Waals surface area (Å²) in [6.45, 7) is 2.17. The van der Waals surface area contributed by atoms with E-state index in [0.29, 0.717) is 6.42 Å². The van der Waals surface area contributed by atoms with Crippen molar-refractivity contribution in [3.05, 3.63) is 36.5 Å². The molecule has 0 aliphatic rings. The Hall–Kier alpha value is -1.31. The van der Waals surface area contributed by atoms with Gasteiger partial charge < -0.3 is 5.11 Å². The Labute approximate surface area is 168 Å². The van der Waals surface area contributed by atoms with Gasteiger partial charge in [0.15, 0.2) is 0 Å². The first-order chi connectivity index (χ1) is 13.3. The van der Waals surface area contributed by atoms with Gasteiger partial charge in [0.25, 0.3) is 0 Å². The maximum absolute atomic E-state index is 10.4. The van der Waals surface area contributed by atoms with Gasteiger partial charge in [-0.05, 0) is 38.5 Å². The van der Waals surface area contributed by atoms with Crippen molar-refractivity contribution in [1.82, 2.24) is 0 Å². The van der Waals surface area contributed by atoms with E-state index in [1.165, 1.54) is 70.6 Å². The second-order valence-electron chi connectivity index (χ2n) is 7.47. The molecule has 0 rings (SSSR count). The van der Waals surface area contributed by atoms with E-state index in [-0.39, 0.29) is 0 Å². The fourth-order valence-corrected chi connectivity index (χ4v) is 3.13. The van der Waals surface area contributed by atoms with Gasteiger partial charge in [0, 0.05) is 6.42 Å². The van der Waals surface area contributed by atoms with E-state index < -0.39 is 5.97 Å². The van der Waals surface area contributed by atoms with E-state index >= 15 is 0 Å². The van der Waals surface area contributed by atoms with Crippen molar-refractivity contribution in [2.75, 3.05) is 0 Å². The third kappa shape index (κ3) is 24.7. The van der Waals surface area contributed by atoms with E-state index in [2.05, 4.69) is 43.4 Å². The zero-order chi connectivity index (χ0) is 19.8. The normalized spacial score (nSPS) is 12.0. The van der Waals surface area contributed by atoms with Crippen LogP contribution < -0.4 is 0 Å². The molecule has 0 heterocycles. The Kier molecular flexibility index (Phi) is 21.6. The van der Waals surface area contributed by atoms with Gasteiger partial charge >= 0.3 is 5.97 Å². The van der Waals surface area contributed by atoms with Crippen molar-refractivity contribution in [2.24, 2.45) is 0 Å². The number of aliphatic carboxylic acids is 1. The first kappa shape index (κ1) is 25.7. The van der Waals surface area contributed by atoms with Crippen LogP contribution in [0.3, 0.4) is 0 Å². The summed E-state index contributed by atoms with van der Waals surface area (Å²) < 4.78 is 0. The summed E-state index contributed by atoms with van der Waals surface area (Å²) in [6.07, 6.45) is 33.7. The highest BCUT2D eigenvalue weighted by Gasteiger charge is 1.97. The summed E-state index contributed by atoms with van der Waals surface area (Å²) in [5.41, 5.74) is 0. The molecular weight excluding hydrogens is 332 g/mol. The molecule has 0 bridgehead atoms. The van der Waals surface area contributed by atoms with Crippen LogP contribution in [0.5, 0.6) is 0 Å². The number of hydrogen-bond donors (Lipinski definition) is 1. The predicted octanol–water partition coefficient (Wildman–Crippen LogP) is 8.39. The predicted molar refractivity (Wildman–Crippen MR) is 119 cm³/mol. The summed E-state index contributed by atoms with van der Waals surface area (Å²) >= 11 is 0. The molecule has 2 heteroatoms. The lowest BCUT2D eigenvalue weighted by molar-refractivity contribution is -0.137. The number of hydrogen-bond acceptors (Lipinski definition) is 1. The first-order valence-corrected chi connectivity index (χ1v) is 11.4. The molecule has 0 aliphatic heterocycles. The molecule has 0 spiro atoms. The molecule has 0 aromatic heterocycles. The SMILES string of the molecule is CCC=CCC=CCC=CCCCCCCCCCCCCCCC(=O)O. The minimum Gasteiger partial charge on any atom is -0.481 e. The van der Waals surface area contributed by atoms with E-state index in [9.17, 15) is 4.79 Å². The van der Waals surface area contributed by atoms with Crippen molar-refractivity contribution in [3.8, 4) is 0 Å². The number of allylic oxidation sites excluding steroid dienone is 6. The standard InChI is InChI=1S/C25H44O2/c1-2-3-4-5-6-7-8-9-10-11-12-13-14-15-16-17-18-19-20-21-22-23-24-25(26)27/h3-4,6-7,9-10H,2,5,8,11-24H2,1H3,(H,26,27). The summed E-state index contributed by atoms with van der Waals surface area (Å²) in [5, 5.41) is 8.57. The van der Waals surface area contributed by atoms with E-state index in [0.717, 1.165) is 32.1 Å². The molecular formula is C25H44O2. The second-order valence-corrected chi connectivity index (χ2v) is 7.47. The highest BCUT2D eigenvalue weighted by atomic mass is 16.4. The molecule has 0 unspecified atom stereocenters. The Morgan fingerprint density at radius 1 is 0.593 bits per heavy atom. The largest absolute Gasteiger partial charge is 0.481 e. The van der Waals surface area contributed by atoms with Gasteiger partial charge in [-0.3, -0.25) is 4.79 Å². The molecule has 156 valence electrons. The topological polar surface area (TPSA) is 37.3 Å². The van der Waals surface area contributed by atoms with Crippen LogP contribution in [-0.4, -0.2) is 11.1 Å². The highest BCUT2D eigenvalue weighted by Crippen LogP contribution is 2.13. The van der Waals surface area contributed by atoms with Crippen LogP contribution in [0.4, 0.5) is 0 Å². The molecule has 0 aliphatic carbocycles.